The molecule has 0 bridgehead atoms. The van der Waals surface area contributed by atoms with Gasteiger partial charge >= 0.3 is 0 Å². The zero-order valence-electron chi connectivity index (χ0n) is 13.7. The summed E-state index contributed by atoms with van der Waals surface area (Å²) >= 11 is 24.2. The fourth-order valence-electron chi connectivity index (χ4n) is 2.81. The lowest BCUT2D eigenvalue weighted by Gasteiger charge is -2.32. The van der Waals surface area contributed by atoms with Gasteiger partial charge < -0.3 is 10.6 Å². The van der Waals surface area contributed by atoms with Crippen molar-refractivity contribution >= 4 is 63.9 Å². The van der Waals surface area contributed by atoms with Gasteiger partial charge in [-0.2, -0.15) is 0 Å². The number of hydrogen-bond acceptors (Lipinski definition) is 3. The summed E-state index contributed by atoms with van der Waals surface area (Å²) in [5.41, 5.74) is 0.220. The minimum atomic E-state index is -0.248. The van der Waals surface area contributed by atoms with Gasteiger partial charge in [-0.3, -0.25) is 14.5 Å². The number of carbonyl (C=O) groups is 2. The molecule has 1 fully saturated rings. The average Bonchev–Trinajstić information content (AvgIpc) is 2.55. The highest BCUT2D eigenvalue weighted by Crippen LogP contribution is 2.41. The molecule has 2 N–H and O–H groups in total. The van der Waals surface area contributed by atoms with Crippen LogP contribution < -0.4 is 10.6 Å². The SMILES string of the molecule is CC(=O)NCC1CCCN(CC(=O)Nc2c(Cl)c(Cl)cc(Cl)c2Cl)C1. The maximum absolute atomic E-state index is 12.4. The highest BCUT2D eigenvalue weighted by atomic mass is 35.5. The normalized spacial score (nSPS) is 18.0. The Balaban J connectivity index is 1.95. The second-order valence-corrected chi connectivity index (χ2v) is 7.64. The highest BCUT2D eigenvalue weighted by molar-refractivity contribution is 6.50. The predicted molar refractivity (Wildman–Crippen MR) is 103 cm³/mol. The van der Waals surface area contributed by atoms with Crippen LogP contribution in [0, 0.1) is 5.92 Å². The van der Waals surface area contributed by atoms with Gasteiger partial charge in [-0.25, -0.2) is 0 Å². The topological polar surface area (TPSA) is 61.4 Å². The molecule has 1 saturated heterocycles. The van der Waals surface area contributed by atoms with Crippen LogP contribution in [0.25, 0.3) is 0 Å². The number of hydrogen-bond donors (Lipinski definition) is 2. The molecule has 1 aromatic carbocycles. The zero-order valence-corrected chi connectivity index (χ0v) is 16.7. The molecule has 1 heterocycles. The zero-order chi connectivity index (χ0) is 18.6. The Bertz CT molecular complexity index is 643. The number of benzene rings is 1. The molecule has 1 aliphatic heterocycles. The van der Waals surface area contributed by atoms with E-state index in [9.17, 15) is 9.59 Å². The Morgan fingerprint density at radius 2 is 1.84 bits per heavy atom. The van der Waals surface area contributed by atoms with Gasteiger partial charge in [0.05, 0.1) is 32.3 Å². The molecule has 0 radical (unpaired) electrons. The van der Waals surface area contributed by atoms with Crippen LogP contribution in [-0.4, -0.2) is 42.9 Å². The van der Waals surface area contributed by atoms with Crippen molar-refractivity contribution in [3.8, 4) is 0 Å². The van der Waals surface area contributed by atoms with Gasteiger partial charge in [0.15, 0.2) is 0 Å². The first-order valence-corrected chi connectivity index (χ1v) is 9.38. The molecule has 1 atom stereocenters. The van der Waals surface area contributed by atoms with E-state index < -0.39 is 0 Å². The molecule has 0 saturated carbocycles. The summed E-state index contributed by atoms with van der Waals surface area (Å²) in [6.07, 6.45) is 2.00. The van der Waals surface area contributed by atoms with E-state index in [1.807, 2.05) is 4.90 Å². The maximum atomic E-state index is 12.4. The molecule has 1 aromatic rings. The van der Waals surface area contributed by atoms with Crippen molar-refractivity contribution in [1.29, 1.82) is 0 Å². The van der Waals surface area contributed by atoms with E-state index in [-0.39, 0.29) is 44.1 Å². The summed E-state index contributed by atoms with van der Waals surface area (Å²) in [6, 6.07) is 1.43. The molecule has 2 amide bonds. The summed E-state index contributed by atoms with van der Waals surface area (Å²) in [7, 11) is 0. The molecule has 25 heavy (non-hydrogen) atoms. The average molecular weight is 427 g/mol. The van der Waals surface area contributed by atoms with Crippen molar-refractivity contribution in [1.82, 2.24) is 10.2 Å². The number of anilines is 1. The van der Waals surface area contributed by atoms with Crippen LogP contribution in [0.2, 0.25) is 20.1 Å². The minimum absolute atomic E-state index is 0.0445. The molecular weight excluding hydrogens is 408 g/mol. The molecule has 0 aliphatic carbocycles. The molecule has 2 rings (SSSR count). The van der Waals surface area contributed by atoms with Crippen molar-refractivity contribution < 1.29 is 9.59 Å². The third kappa shape index (κ3) is 5.90. The second-order valence-electron chi connectivity index (χ2n) is 6.07. The Kier molecular flexibility index (Phi) is 7.65. The summed E-state index contributed by atoms with van der Waals surface area (Å²) < 4.78 is 0. The van der Waals surface area contributed by atoms with Gasteiger partial charge in [0.25, 0.3) is 0 Å². The Morgan fingerprint density at radius 3 is 2.44 bits per heavy atom. The van der Waals surface area contributed by atoms with E-state index in [0.717, 1.165) is 25.9 Å². The van der Waals surface area contributed by atoms with Gasteiger partial charge in [0.2, 0.25) is 11.8 Å². The first kappa shape index (κ1) is 20.6. The standard InChI is InChI=1S/C16H19Cl4N3O2/c1-9(24)21-6-10-3-2-4-23(7-10)8-13(25)22-16-14(19)11(17)5-12(18)15(16)20/h5,10H,2-4,6-8H2,1H3,(H,21,24)(H,22,25). The molecule has 1 aliphatic rings. The quantitative estimate of drug-likeness (QED) is 0.697. The first-order valence-electron chi connectivity index (χ1n) is 7.87. The van der Waals surface area contributed by atoms with E-state index in [0.29, 0.717) is 12.5 Å². The number of nitrogens with one attached hydrogen (secondary N) is 2. The fourth-order valence-corrected chi connectivity index (χ4v) is 3.72. The lowest BCUT2D eigenvalue weighted by Crippen LogP contribution is -2.43. The number of carbonyl (C=O) groups excluding carboxylic acids is 2. The number of halogens is 4. The molecule has 0 spiro atoms. The second kappa shape index (κ2) is 9.28. The van der Waals surface area contributed by atoms with Crippen molar-refractivity contribution in [2.24, 2.45) is 5.92 Å². The molecule has 138 valence electrons. The summed E-state index contributed by atoms with van der Waals surface area (Å²) in [6.45, 7) is 3.88. The molecule has 9 heteroatoms. The van der Waals surface area contributed by atoms with Gasteiger partial charge in [0, 0.05) is 20.0 Å². The van der Waals surface area contributed by atoms with Crippen LogP contribution in [0.3, 0.4) is 0 Å². The van der Waals surface area contributed by atoms with Crippen LogP contribution in [-0.2, 0) is 9.59 Å². The molecule has 5 nitrogen and oxygen atoms in total. The number of likely N-dealkylation sites (tertiary alicyclic amines) is 1. The summed E-state index contributed by atoms with van der Waals surface area (Å²) in [5.74, 6) is 0.0394. The van der Waals surface area contributed by atoms with Crippen LogP contribution >= 0.6 is 46.4 Å². The molecule has 0 aromatic heterocycles. The van der Waals surface area contributed by atoms with E-state index in [1.54, 1.807) is 0 Å². The fraction of sp³-hybridized carbons (Fsp3) is 0.500. The highest BCUT2D eigenvalue weighted by Gasteiger charge is 2.23. The maximum Gasteiger partial charge on any atom is 0.238 e. The van der Waals surface area contributed by atoms with Crippen LogP contribution in [0.4, 0.5) is 5.69 Å². The van der Waals surface area contributed by atoms with Gasteiger partial charge in [-0.15, -0.1) is 0 Å². The van der Waals surface area contributed by atoms with E-state index in [2.05, 4.69) is 10.6 Å². The van der Waals surface area contributed by atoms with Crippen LogP contribution in [0.15, 0.2) is 6.07 Å². The monoisotopic (exact) mass is 425 g/mol. The number of nitrogens with zero attached hydrogens (tertiary/aromatic N) is 1. The Morgan fingerprint density at radius 1 is 1.20 bits per heavy atom. The van der Waals surface area contributed by atoms with Crippen molar-refractivity contribution in [2.45, 2.75) is 19.8 Å². The van der Waals surface area contributed by atoms with Gasteiger partial charge in [0.1, 0.15) is 0 Å². The summed E-state index contributed by atoms with van der Waals surface area (Å²) in [4.78, 5) is 25.4. The number of piperidine rings is 1. The molecule has 1 unspecified atom stereocenters. The molecular formula is C16H19Cl4N3O2. The Labute approximate surface area is 166 Å². The van der Waals surface area contributed by atoms with Crippen molar-refractivity contribution in [2.75, 3.05) is 31.5 Å². The predicted octanol–water partition coefficient (Wildman–Crippen LogP) is 4.09. The van der Waals surface area contributed by atoms with Gasteiger partial charge in [-0.05, 0) is 31.4 Å². The lowest BCUT2D eigenvalue weighted by molar-refractivity contribution is -0.120. The van der Waals surface area contributed by atoms with E-state index in [4.69, 9.17) is 46.4 Å². The van der Waals surface area contributed by atoms with Crippen LogP contribution in [0.5, 0.6) is 0 Å². The first-order chi connectivity index (χ1) is 11.8. The Hall–Kier alpha value is -0.720. The van der Waals surface area contributed by atoms with E-state index in [1.165, 1.54) is 13.0 Å². The smallest absolute Gasteiger partial charge is 0.238 e. The minimum Gasteiger partial charge on any atom is -0.356 e. The van der Waals surface area contributed by atoms with E-state index >= 15 is 0 Å². The van der Waals surface area contributed by atoms with Gasteiger partial charge in [-0.1, -0.05) is 46.4 Å². The number of amides is 2. The van der Waals surface area contributed by atoms with Crippen molar-refractivity contribution in [3.05, 3.63) is 26.2 Å². The third-order valence-electron chi connectivity index (χ3n) is 3.99. The largest absolute Gasteiger partial charge is 0.356 e. The lowest BCUT2D eigenvalue weighted by atomic mass is 9.98. The number of rotatable bonds is 5. The summed E-state index contributed by atoms with van der Waals surface area (Å²) in [5, 5.41) is 6.28. The van der Waals surface area contributed by atoms with Crippen LogP contribution in [0.1, 0.15) is 19.8 Å². The third-order valence-corrected chi connectivity index (χ3v) is 5.56. The van der Waals surface area contributed by atoms with Crippen molar-refractivity contribution in [3.63, 3.8) is 0 Å².